The number of rotatable bonds is 4. The van der Waals surface area contributed by atoms with Crippen molar-refractivity contribution < 1.29 is 4.79 Å². The van der Waals surface area contributed by atoms with Crippen LogP contribution in [0, 0.1) is 0 Å². The maximum Gasteiger partial charge on any atom is 0.266 e. The van der Waals surface area contributed by atoms with Crippen LogP contribution in [0.5, 0.6) is 0 Å². The molecule has 0 spiro atoms. The first-order chi connectivity index (χ1) is 11.2. The van der Waals surface area contributed by atoms with Crippen molar-refractivity contribution in [1.29, 1.82) is 0 Å². The summed E-state index contributed by atoms with van der Waals surface area (Å²) in [6.07, 6.45) is 1.91. The molecule has 1 saturated heterocycles. The minimum absolute atomic E-state index is 0.00485. The molecule has 2 aromatic rings. The molecule has 1 aliphatic rings. The van der Waals surface area contributed by atoms with Crippen LogP contribution in [0.25, 0.3) is 6.08 Å². The van der Waals surface area contributed by atoms with Gasteiger partial charge in [0.2, 0.25) is 0 Å². The molecule has 0 unspecified atom stereocenters. The van der Waals surface area contributed by atoms with Crippen molar-refractivity contribution in [3.8, 4) is 0 Å². The molecular formula is C18H15NOS3. The Balaban J connectivity index is 1.74. The van der Waals surface area contributed by atoms with E-state index in [1.807, 2.05) is 43.3 Å². The van der Waals surface area contributed by atoms with Crippen LogP contribution in [0.2, 0.25) is 0 Å². The van der Waals surface area contributed by atoms with Gasteiger partial charge in [-0.3, -0.25) is 9.69 Å². The van der Waals surface area contributed by atoms with Crippen LogP contribution in [-0.4, -0.2) is 21.7 Å². The standard InChI is InChI=1S/C18H15NOS3/c1-2-19-17(20)16(23-18(19)21)12-13-8-10-15(11-9-13)22-14-6-4-3-5-7-14/h3-12H,2H2,1H3/b16-12-. The maximum absolute atomic E-state index is 12.2. The van der Waals surface area contributed by atoms with E-state index in [1.54, 1.807) is 16.7 Å². The average Bonchev–Trinajstić information content (AvgIpc) is 2.83. The number of thioether (sulfide) groups is 1. The topological polar surface area (TPSA) is 20.3 Å². The fourth-order valence-electron chi connectivity index (χ4n) is 2.18. The Hall–Kier alpha value is -1.56. The summed E-state index contributed by atoms with van der Waals surface area (Å²) in [4.78, 5) is 16.9. The molecular weight excluding hydrogens is 342 g/mol. The first kappa shape index (κ1) is 16.3. The minimum Gasteiger partial charge on any atom is -0.293 e. The number of thiocarbonyl (C=S) groups is 1. The Kier molecular flexibility index (Phi) is 5.20. The lowest BCUT2D eigenvalue weighted by Crippen LogP contribution is -2.27. The molecule has 23 heavy (non-hydrogen) atoms. The van der Waals surface area contributed by atoms with Crippen molar-refractivity contribution in [2.45, 2.75) is 16.7 Å². The third-order valence-corrected chi connectivity index (χ3v) is 5.74. The van der Waals surface area contributed by atoms with Crippen molar-refractivity contribution >= 4 is 52.0 Å². The number of nitrogens with zero attached hydrogens (tertiary/aromatic N) is 1. The number of carbonyl (C=O) groups is 1. The van der Waals surface area contributed by atoms with Crippen molar-refractivity contribution in [2.24, 2.45) is 0 Å². The van der Waals surface area contributed by atoms with Crippen LogP contribution in [0.1, 0.15) is 12.5 Å². The second kappa shape index (κ2) is 7.34. The van der Waals surface area contributed by atoms with Gasteiger partial charge in [0.25, 0.3) is 5.91 Å². The summed E-state index contributed by atoms with van der Waals surface area (Å²) in [5.41, 5.74) is 1.01. The average molecular weight is 358 g/mol. The molecule has 3 rings (SSSR count). The van der Waals surface area contributed by atoms with Gasteiger partial charge in [-0.2, -0.15) is 0 Å². The highest BCUT2D eigenvalue weighted by Crippen LogP contribution is 2.33. The second-order valence-corrected chi connectivity index (χ2v) is 7.73. The summed E-state index contributed by atoms with van der Waals surface area (Å²) in [7, 11) is 0. The van der Waals surface area contributed by atoms with Gasteiger partial charge in [0, 0.05) is 16.3 Å². The van der Waals surface area contributed by atoms with E-state index in [9.17, 15) is 4.79 Å². The highest BCUT2D eigenvalue weighted by atomic mass is 32.2. The molecule has 0 N–H and O–H groups in total. The summed E-state index contributed by atoms with van der Waals surface area (Å²) in [6.45, 7) is 2.55. The predicted molar refractivity (Wildman–Crippen MR) is 103 cm³/mol. The molecule has 2 nitrogen and oxygen atoms in total. The summed E-state index contributed by atoms with van der Waals surface area (Å²) >= 11 is 8.32. The molecule has 1 heterocycles. The minimum atomic E-state index is 0.00485. The number of amides is 1. The van der Waals surface area contributed by atoms with E-state index < -0.39 is 0 Å². The van der Waals surface area contributed by atoms with Gasteiger partial charge in [-0.25, -0.2) is 0 Å². The summed E-state index contributed by atoms with van der Waals surface area (Å²) < 4.78 is 0.639. The number of likely N-dealkylation sites (N-methyl/N-ethyl adjacent to an activating group) is 1. The Morgan fingerprint density at radius 2 is 1.74 bits per heavy atom. The van der Waals surface area contributed by atoms with Gasteiger partial charge in [0.15, 0.2) is 0 Å². The maximum atomic E-state index is 12.2. The summed E-state index contributed by atoms with van der Waals surface area (Å²) in [5, 5.41) is 0. The zero-order valence-corrected chi connectivity index (χ0v) is 15.0. The molecule has 1 aliphatic heterocycles. The summed E-state index contributed by atoms with van der Waals surface area (Å²) in [5.74, 6) is 0.00485. The molecule has 0 bridgehead atoms. The monoisotopic (exact) mass is 357 g/mol. The van der Waals surface area contributed by atoms with E-state index in [0.29, 0.717) is 15.8 Å². The number of benzene rings is 2. The van der Waals surface area contributed by atoms with Crippen LogP contribution in [0.15, 0.2) is 69.3 Å². The van der Waals surface area contributed by atoms with Crippen molar-refractivity contribution in [1.82, 2.24) is 4.90 Å². The molecule has 5 heteroatoms. The molecule has 0 atom stereocenters. The molecule has 0 aliphatic carbocycles. The molecule has 116 valence electrons. The van der Waals surface area contributed by atoms with E-state index in [-0.39, 0.29) is 5.91 Å². The lowest BCUT2D eigenvalue weighted by atomic mass is 10.2. The van der Waals surface area contributed by atoms with Gasteiger partial charge >= 0.3 is 0 Å². The van der Waals surface area contributed by atoms with E-state index >= 15 is 0 Å². The third kappa shape index (κ3) is 3.86. The van der Waals surface area contributed by atoms with Gasteiger partial charge < -0.3 is 0 Å². The second-order valence-electron chi connectivity index (χ2n) is 4.91. The van der Waals surface area contributed by atoms with E-state index in [4.69, 9.17) is 12.2 Å². The van der Waals surface area contributed by atoms with Crippen LogP contribution in [0.4, 0.5) is 0 Å². The predicted octanol–water partition coefficient (Wildman–Crippen LogP) is 5.06. The molecule has 0 radical (unpaired) electrons. The number of carbonyl (C=O) groups excluding carboxylic acids is 1. The van der Waals surface area contributed by atoms with Crippen LogP contribution < -0.4 is 0 Å². The highest BCUT2D eigenvalue weighted by Gasteiger charge is 2.30. The number of hydrogen-bond donors (Lipinski definition) is 0. The van der Waals surface area contributed by atoms with Crippen molar-refractivity contribution in [3.05, 3.63) is 65.1 Å². The molecule has 0 saturated carbocycles. The van der Waals surface area contributed by atoms with Crippen molar-refractivity contribution in [2.75, 3.05) is 6.54 Å². The highest BCUT2D eigenvalue weighted by molar-refractivity contribution is 8.26. The fourth-order valence-corrected chi connectivity index (χ4v) is 4.40. The Bertz CT molecular complexity index is 754. The van der Waals surface area contributed by atoms with Gasteiger partial charge in [0.1, 0.15) is 4.32 Å². The fraction of sp³-hybridized carbons (Fsp3) is 0.111. The van der Waals surface area contributed by atoms with E-state index in [2.05, 4.69) is 24.3 Å². The summed E-state index contributed by atoms with van der Waals surface area (Å²) in [6, 6.07) is 18.5. The Labute approximate surface area is 150 Å². The number of hydrogen-bond acceptors (Lipinski definition) is 4. The lowest BCUT2D eigenvalue weighted by molar-refractivity contribution is -0.121. The molecule has 0 aromatic heterocycles. The lowest BCUT2D eigenvalue weighted by Gasteiger charge is -2.09. The molecule has 1 fully saturated rings. The van der Waals surface area contributed by atoms with E-state index in [1.165, 1.54) is 21.6 Å². The van der Waals surface area contributed by atoms with Crippen LogP contribution in [0.3, 0.4) is 0 Å². The quantitative estimate of drug-likeness (QED) is 0.563. The van der Waals surface area contributed by atoms with Gasteiger partial charge in [0.05, 0.1) is 4.91 Å². The zero-order chi connectivity index (χ0) is 16.2. The smallest absolute Gasteiger partial charge is 0.266 e. The zero-order valence-electron chi connectivity index (χ0n) is 12.6. The largest absolute Gasteiger partial charge is 0.293 e. The van der Waals surface area contributed by atoms with Gasteiger partial charge in [-0.15, -0.1) is 0 Å². The third-order valence-electron chi connectivity index (χ3n) is 3.35. The van der Waals surface area contributed by atoms with Gasteiger partial charge in [-0.1, -0.05) is 66.1 Å². The van der Waals surface area contributed by atoms with Crippen LogP contribution >= 0.6 is 35.7 Å². The van der Waals surface area contributed by atoms with Gasteiger partial charge in [-0.05, 0) is 42.8 Å². The Morgan fingerprint density at radius 3 is 2.35 bits per heavy atom. The van der Waals surface area contributed by atoms with E-state index in [0.717, 1.165) is 5.56 Å². The Morgan fingerprint density at radius 1 is 1.09 bits per heavy atom. The first-order valence-corrected chi connectivity index (χ1v) is 9.30. The van der Waals surface area contributed by atoms with Crippen LogP contribution in [-0.2, 0) is 4.79 Å². The SMILES string of the molecule is CCN1C(=O)/C(=C/c2ccc(Sc3ccccc3)cc2)SC1=S. The molecule has 1 amide bonds. The first-order valence-electron chi connectivity index (χ1n) is 7.25. The normalized spacial score (nSPS) is 16.4. The van der Waals surface area contributed by atoms with Crippen molar-refractivity contribution in [3.63, 3.8) is 0 Å². The molecule has 2 aromatic carbocycles.